The molecule has 2 aromatic rings. The Labute approximate surface area is 116 Å². The zero-order valence-electron chi connectivity index (χ0n) is 10.6. The molecule has 2 rings (SSSR count). The SMILES string of the molecule is Nc1cccc(OCCS(=O)(=O)NCc2ncn[nH]2)c1. The first-order valence-corrected chi connectivity index (χ1v) is 7.50. The number of H-pyrrole nitrogens is 1. The first kappa shape index (κ1) is 14.3. The zero-order valence-corrected chi connectivity index (χ0v) is 11.4. The van der Waals surface area contributed by atoms with Gasteiger partial charge in [0.1, 0.15) is 24.5 Å². The number of nitrogens with one attached hydrogen (secondary N) is 2. The molecule has 0 aliphatic heterocycles. The second-order valence-corrected chi connectivity index (χ2v) is 5.92. The van der Waals surface area contributed by atoms with E-state index in [1.165, 1.54) is 6.33 Å². The molecule has 1 aromatic heterocycles. The zero-order chi connectivity index (χ0) is 14.4. The molecule has 0 atom stereocenters. The Hall–Kier alpha value is -2.13. The predicted octanol–water partition coefficient (Wildman–Crippen LogP) is -0.115. The number of rotatable bonds is 7. The molecule has 0 spiro atoms. The minimum absolute atomic E-state index is 0.0369. The molecular formula is C11H15N5O3S. The molecule has 0 amide bonds. The molecular weight excluding hydrogens is 282 g/mol. The highest BCUT2D eigenvalue weighted by Crippen LogP contribution is 2.14. The van der Waals surface area contributed by atoms with Crippen LogP contribution in [0.5, 0.6) is 5.75 Å². The predicted molar refractivity (Wildman–Crippen MR) is 73.4 cm³/mol. The van der Waals surface area contributed by atoms with Crippen molar-refractivity contribution in [1.29, 1.82) is 0 Å². The summed E-state index contributed by atoms with van der Waals surface area (Å²) in [5.74, 6) is 0.830. The molecule has 108 valence electrons. The van der Waals surface area contributed by atoms with Crippen LogP contribution in [0.4, 0.5) is 5.69 Å². The molecule has 0 aliphatic rings. The van der Waals surface area contributed by atoms with Gasteiger partial charge < -0.3 is 10.5 Å². The van der Waals surface area contributed by atoms with E-state index in [-0.39, 0.29) is 18.9 Å². The van der Waals surface area contributed by atoms with Crippen molar-refractivity contribution >= 4 is 15.7 Å². The maximum Gasteiger partial charge on any atom is 0.215 e. The molecule has 4 N–H and O–H groups in total. The van der Waals surface area contributed by atoms with Gasteiger partial charge in [-0.3, -0.25) is 5.10 Å². The number of aromatic amines is 1. The third kappa shape index (κ3) is 4.52. The quantitative estimate of drug-likeness (QED) is 0.612. The second kappa shape index (κ2) is 6.35. The molecule has 0 fully saturated rings. The van der Waals surface area contributed by atoms with Crippen molar-refractivity contribution in [2.45, 2.75) is 6.54 Å². The molecule has 0 aliphatic carbocycles. The van der Waals surface area contributed by atoms with E-state index < -0.39 is 10.0 Å². The number of hydrogen-bond donors (Lipinski definition) is 3. The molecule has 0 bridgehead atoms. The Balaban J connectivity index is 1.77. The molecule has 0 saturated heterocycles. The van der Waals surface area contributed by atoms with Gasteiger partial charge in [-0.2, -0.15) is 5.10 Å². The van der Waals surface area contributed by atoms with Crippen molar-refractivity contribution in [3.63, 3.8) is 0 Å². The molecule has 1 heterocycles. The number of nitrogens with zero attached hydrogens (tertiary/aromatic N) is 2. The van der Waals surface area contributed by atoms with E-state index in [2.05, 4.69) is 19.9 Å². The van der Waals surface area contributed by atoms with Gasteiger partial charge in [0.15, 0.2) is 0 Å². The van der Waals surface area contributed by atoms with Gasteiger partial charge in [0.2, 0.25) is 10.0 Å². The normalized spacial score (nSPS) is 11.4. The Morgan fingerprint density at radius 1 is 1.40 bits per heavy atom. The van der Waals surface area contributed by atoms with Crippen LogP contribution < -0.4 is 15.2 Å². The summed E-state index contributed by atoms with van der Waals surface area (Å²) in [4.78, 5) is 3.82. The van der Waals surface area contributed by atoms with E-state index in [4.69, 9.17) is 10.5 Å². The second-order valence-electron chi connectivity index (χ2n) is 3.99. The first-order chi connectivity index (χ1) is 9.55. The maximum absolute atomic E-state index is 11.7. The smallest absolute Gasteiger partial charge is 0.215 e. The van der Waals surface area contributed by atoms with Crippen LogP contribution in [0.2, 0.25) is 0 Å². The van der Waals surface area contributed by atoms with E-state index in [9.17, 15) is 8.42 Å². The summed E-state index contributed by atoms with van der Waals surface area (Å²) >= 11 is 0. The largest absolute Gasteiger partial charge is 0.492 e. The molecule has 0 unspecified atom stereocenters. The lowest BCUT2D eigenvalue weighted by Gasteiger charge is -2.08. The van der Waals surface area contributed by atoms with Crippen molar-refractivity contribution in [3.8, 4) is 5.75 Å². The molecule has 20 heavy (non-hydrogen) atoms. The highest BCUT2D eigenvalue weighted by atomic mass is 32.2. The molecule has 9 heteroatoms. The van der Waals surface area contributed by atoms with Crippen molar-refractivity contribution in [2.24, 2.45) is 0 Å². The van der Waals surface area contributed by atoms with Crippen LogP contribution in [0.3, 0.4) is 0 Å². The monoisotopic (exact) mass is 297 g/mol. The number of benzene rings is 1. The van der Waals surface area contributed by atoms with Crippen LogP contribution >= 0.6 is 0 Å². The van der Waals surface area contributed by atoms with Gasteiger partial charge in [-0.1, -0.05) is 6.07 Å². The van der Waals surface area contributed by atoms with Gasteiger partial charge in [-0.25, -0.2) is 18.1 Å². The third-order valence-electron chi connectivity index (χ3n) is 2.40. The van der Waals surface area contributed by atoms with Crippen LogP contribution in [0.25, 0.3) is 0 Å². The number of nitrogen functional groups attached to an aromatic ring is 1. The molecule has 8 nitrogen and oxygen atoms in total. The average Bonchev–Trinajstić information content (AvgIpc) is 2.89. The lowest BCUT2D eigenvalue weighted by atomic mass is 10.3. The van der Waals surface area contributed by atoms with Crippen molar-refractivity contribution in [3.05, 3.63) is 36.4 Å². The van der Waals surface area contributed by atoms with E-state index in [0.717, 1.165) is 0 Å². The minimum atomic E-state index is -3.43. The Kier molecular flexibility index (Phi) is 4.53. The van der Waals surface area contributed by atoms with Gasteiger partial charge in [0.25, 0.3) is 0 Å². The summed E-state index contributed by atoms with van der Waals surface area (Å²) in [6.07, 6.45) is 1.31. The lowest BCUT2D eigenvalue weighted by Crippen LogP contribution is -2.29. The third-order valence-corrected chi connectivity index (χ3v) is 3.69. The highest BCUT2D eigenvalue weighted by molar-refractivity contribution is 7.89. The minimum Gasteiger partial charge on any atom is -0.492 e. The van der Waals surface area contributed by atoms with E-state index >= 15 is 0 Å². The van der Waals surface area contributed by atoms with Crippen LogP contribution in [0, 0.1) is 0 Å². The van der Waals surface area contributed by atoms with E-state index in [0.29, 0.717) is 17.3 Å². The van der Waals surface area contributed by atoms with Gasteiger partial charge in [-0.15, -0.1) is 0 Å². The number of sulfonamides is 1. The summed E-state index contributed by atoms with van der Waals surface area (Å²) < 4.78 is 31.1. The van der Waals surface area contributed by atoms with E-state index in [1.54, 1.807) is 24.3 Å². The number of aromatic nitrogens is 3. The molecule has 0 saturated carbocycles. The van der Waals surface area contributed by atoms with Crippen molar-refractivity contribution in [1.82, 2.24) is 19.9 Å². The Morgan fingerprint density at radius 3 is 2.95 bits per heavy atom. The summed E-state index contributed by atoms with van der Waals surface area (Å²) in [7, 11) is -3.43. The van der Waals surface area contributed by atoms with Crippen LogP contribution in [0.1, 0.15) is 5.82 Å². The fraction of sp³-hybridized carbons (Fsp3) is 0.273. The summed E-state index contributed by atoms with van der Waals surface area (Å²) in [6, 6.07) is 6.81. The van der Waals surface area contributed by atoms with Gasteiger partial charge in [0, 0.05) is 11.8 Å². The maximum atomic E-state index is 11.7. The Morgan fingerprint density at radius 2 is 2.25 bits per heavy atom. The standard InChI is InChI=1S/C11H15N5O3S/c12-9-2-1-3-10(6-9)19-4-5-20(17,18)15-7-11-13-8-14-16-11/h1-3,6,8,15H,4-5,7,12H2,(H,13,14,16). The lowest BCUT2D eigenvalue weighted by molar-refractivity contribution is 0.340. The van der Waals surface area contributed by atoms with Crippen molar-refractivity contribution < 1.29 is 13.2 Å². The van der Waals surface area contributed by atoms with Crippen LogP contribution in [-0.2, 0) is 16.6 Å². The van der Waals surface area contributed by atoms with Gasteiger partial charge in [-0.05, 0) is 12.1 Å². The highest BCUT2D eigenvalue weighted by Gasteiger charge is 2.11. The van der Waals surface area contributed by atoms with Crippen molar-refractivity contribution in [2.75, 3.05) is 18.1 Å². The van der Waals surface area contributed by atoms with E-state index in [1.807, 2.05) is 0 Å². The average molecular weight is 297 g/mol. The summed E-state index contributed by atoms with van der Waals surface area (Å²) in [6.45, 7) is 0.107. The Bertz CT molecular complexity index is 642. The summed E-state index contributed by atoms with van der Waals surface area (Å²) in [5.41, 5.74) is 6.15. The first-order valence-electron chi connectivity index (χ1n) is 5.85. The summed E-state index contributed by atoms with van der Waals surface area (Å²) in [5, 5.41) is 6.19. The van der Waals surface area contributed by atoms with Crippen LogP contribution in [-0.4, -0.2) is 36.0 Å². The fourth-order valence-corrected chi connectivity index (χ4v) is 2.24. The number of anilines is 1. The number of ether oxygens (including phenoxy) is 1. The number of nitrogens with two attached hydrogens (primary N) is 1. The van der Waals surface area contributed by atoms with Crippen LogP contribution in [0.15, 0.2) is 30.6 Å². The van der Waals surface area contributed by atoms with Gasteiger partial charge >= 0.3 is 0 Å². The molecule has 1 aromatic carbocycles. The fourth-order valence-electron chi connectivity index (χ4n) is 1.44. The topological polar surface area (TPSA) is 123 Å². The van der Waals surface area contributed by atoms with Gasteiger partial charge in [0.05, 0.1) is 12.3 Å². The molecule has 0 radical (unpaired) electrons. The number of hydrogen-bond acceptors (Lipinski definition) is 6.